The molecular formula is C21H22ClNO6S. The minimum Gasteiger partial charge on any atom is -0.465 e. The first kappa shape index (κ1) is 22.3. The molecule has 3 rings (SSSR count). The third-order valence-electron chi connectivity index (χ3n) is 4.84. The third-order valence-corrected chi connectivity index (χ3v) is 7.22. The smallest absolute Gasteiger partial charge is 0.338 e. The van der Waals surface area contributed by atoms with E-state index in [1.165, 1.54) is 29.6 Å². The van der Waals surface area contributed by atoms with Gasteiger partial charge in [0.25, 0.3) is 0 Å². The summed E-state index contributed by atoms with van der Waals surface area (Å²) in [6.07, 6.45) is 2.59. The van der Waals surface area contributed by atoms with Crippen molar-refractivity contribution in [1.82, 2.24) is 4.31 Å². The lowest BCUT2D eigenvalue weighted by Gasteiger charge is -2.26. The summed E-state index contributed by atoms with van der Waals surface area (Å²) in [4.78, 5) is 23.8. The average Bonchev–Trinajstić information content (AvgIpc) is 2.78. The lowest BCUT2D eigenvalue weighted by Crippen LogP contribution is -2.35. The first-order valence-electron chi connectivity index (χ1n) is 9.47. The number of carbonyl (C=O) groups is 2. The largest absolute Gasteiger partial charge is 0.465 e. The molecule has 0 aliphatic carbocycles. The number of piperidine rings is 1. The van der Waals surface area contributed by atoms with Crippen LogP contribution in [-0.2, 0) is 26.1 Å². The van der Waals surface area contributed by atoms with Gasteiger partial charge in [0.2, 0.25) is 10.0 Å². The van der Waals surface area contributed by atoms with Gasteiger partial charge in [-0.15, -0.1) is 0 Å². The summed E-state index contributed by atoms with van der Waals surface area (Å²) >= 11 is 6.13. The van der Waals surface area contributed by atoms with Crippen molar-refractivity contribution in [3.05, 3.63) is 64.2 Å². The standard InChI is InChI=1S/C21H22ClNO6S/c1-28-20(24)16-7-5-15(6-8-16)14-29-21(25)17-9-10-18(22)19(13-17)30(26,27)23-11-3-2-4-12-23/h5-10,13H,2-4,11-12,14H2,1H3. The molecule has 0 aromatic heterocycles. The van der Waals surface area contributed by atoms with Crippen molar-refractivity contribution in [1.29, 1.82) is 0 Å². The van der Waals surface area contributed by atoms with E-state index in [1.54, 1.807) is 24.3 Å². The summed E-state index contributed by atoms with van der Waals surface area (Å²) in [5, 5.41) is 0.0653. The zero-order chi connectivity index (χ0) is 21.7. The van der Waals surface area contributed by atoms with E-state index in [4.69, 9.17) is 16.3 Å². The van der Waals surface area contributed by atoms with Gasteiger partial charge in [-0.05, 0) is 48.7 Å². The molecule has 1 saturated heterocycles. The Bertz CT molecular complexity index is 1030. The molecule has 0 N–H and O–H groups in total. The molecule has 160 valence electrons. The number of ether oxygens (including phenoxy) is 2. The lowest BCUT2D eigenvalue weighted by atomic mass is 10.1. The highest BCUT2D eigenvalue weighted by molar-refractivity contribution is 7.89. The lowest BCUT2D eigenvalue weighted by molar-refractivity contribution is 0.0471. The summed E-state index contributed by atoms with van der Waals surface area (Å²) in [6, 6.07) is 10.5. The van der Waals surface area contributed by atoms with Gasteiger partial charge in [-0.25, -0.2) is 18.0 Å². The van der Waals surface area contributed by atoms with E-state index in [1.807, 2.05) is 0 Å². The minimum absolute atomic E-state index is 0.0306. The van der Waals surface area contributed by atoms with Gasteiger partial charge < -0.3 is 9.47 Å². The zero-order valence-corrected chi connectivity index (χ0v) is 18.0. The molecule has 0 spiro atoms. The summed E-state index contributed by atoms with van der Waals surface area (Å²) in [5.41, 5.74) is 1.16. The van der Waals surface area contributed by atoms with Crippen LogP contribution in [0.25, 0.3) is 0 Å². The van der Waals surface area contributed by atoms with E-state index in [-0.39, 0.29) is 22.1 Å². The quantitative estimate of drug-likeness (QED) is 0.622. The average molecular weight is 452 g/mol. The van der Waals surface area contributed by atoms with Crippen molar-refractivity contribution in [2.75, 3.05) is 20.2 Å². The van der Waals surface area contributed by atoms with Crippen molar-refractivity contribution in [2.24, 2.45) is 0 Å². The van der Waals surface area contributed by atoms with Gasteiger partial charge in [-0.1, -0.05) is 30.2 Å². The zero-order valence-electron chi connectivity index (χ0n) is 16.5. The number of nitrogens with zero attached hydrogens (tertiary/aromatic N) is 1. The molecule has 1 aliphatic heterocycles. The molecule has 1 aliphatic rings. The maximum atomic E-state index is 12.9. The number of hydrogen-bond donors (Lipinski definition) is 0. The predicted octanol–water partition coefficient (Wildman–Crippen LogP) is 3.66. The number of methoxy groups -OCH3 is 1. The SMILES string of the molecule is COC(=O)c1ccc(COC(=O)c2ccc(Cl)c(S(=O)(=O)N3CCCCC3)c2)cc1. The summed E-state index contributed by atoms with van der Waals surface area (Å²) in [7, 11) is -2.49. The normalized spacial score (nSPS) is 14.9. The number of rotatable bonds is 6. The Morgan fingerprint density at radius 2 is 1.60 bits per heavy atom. The van der Waals surface area contributed by atoms with E-state index in [2.05, 4.69) is 4.74 Å². The predicted molar refractivity (Wildman–Crippen MR) is 111 cm³/mol. The fourth-order valence-electron chi connectivity index (χ4n) is 3.16. The van der Waals surface area contributed by atoms with Crippen LogP contribution in [0.5, 0.6) is 0 Å². The molecule has 0 saturated carbocycles. The number of benzene rings is 2. The molecule has 1 heterocycles. The first-order valence-corrected chi connectivity index (χ1v) is 11.3. The van der Waals surface area contributed by atoms with Crippen LogP contribution in [0.2, 0.25) is 5.02 Å². The fourth-order valence-corrected chi connectivity index (χ4v) is 5.18. The molecule has 0 atom stereocenters. The molecule has 7 nitrogen and oxygen atoms in total. The molecule has 30 heavy (non-hydrogen) atoms. The highest BCUT2D eigenvalue weighted by atomic mass is 35.5. The Morgan fingerprint density at radius 1 is 0.967 bits per heavy atom. The van der Waals surface area contributed by atoms with Crippen molar-refractivity contribution in [3.8, 4) is 0 Å². The van der Waals surface area contributed by atoms with Crippen molar-refractivity contribution < 1.29 is 27.5 Å². The van der Waals surface area contributed by atoms with Crippen LogP contribution in [0.4, 0.5) is 0 Å². The highest BCUT2D eigenvalue weighted by Gasteiger charge is 2.29. The van der Waals surface area contributed by atoms with E-state index < -0.39 is 22.0 Å². The van der Waals surface area contributed by atoms with Gasteiger partial charge >= 0.3 is 11.9 Å². The summed E-state index contributed by atoms with van der Waals surface area (Å²) < 4.78 is 37.2. The summed E-state index contributed by atoms with van der Waals surface area (Å²) in [5.74, 6) is -1.12. The monoisotopic (exact) mass is 451 g/mol. The Hall–Kier alpha value is -2.42. The second kappa shape index (κ2) is 9.59. The molecule has 9 heteroatoms. The first-order chi connectivity index (χ1) is 14.3. The van der Waals surface area contributed by atoms with E-state index >= 15 is 0 Å². The molecular weight excluding hydrogens is 430 g/mol. The highest BCUT2D eigenvalue weighted by Crippen LogP contribution is 2.28. The Kier molecular flexibility index (Phi) is 7.12. The minimum atomic E-state index is -3.78. The van der Waals surface area contributed by atoms with Crippen LogP contribution in [0.1, 0.15) is 45.5 Å². The van der Waals surface area contributed by atoms with Crippen molar-refractivity contribution in [2.45, 2.75) is 30.8 Å². The third kappa shape index (κ3) is 5.00. The fraction of sp³-hybridized carbons (Fsp3) is 0.333. The number of esters is 2. The molecule has 1 fully saturated rings. The van der Waals surface area contributed by atoms with Gasteiger partial charge in [0.05, 0.1) is 23.3 Å². The second-order valence-electron chi connectivity index (χ2n) is 6.87. The Balaban J connectivity index is 1.72. The van der Waals surface area contributed by atoms with Crippen molar-refractivity contribution >= 4 is 33.6 Å². The van der Waals surface area contributed by atoms with E-state index in [0.717, 1.165) is 19.3 Å². The molecule has 0 unspecified atom stereocenters. The number of sulfonamides is 1. The van der Waals surface area contributed by atoms with E-state index in [0.29, 0.717) is 24.2 Å². The molecule has 0 bridgehead atoms. The van der Waals surface area contributed by atoms with Crippen LogP contribution in [0, 0.1) is 0 Å². The van der Waals surface area contributed by atoms with Gasteiger partial charge in [0.1, 0.15) is 11.5 Å². The van der Waals surface area contributed by atoms with Gasteiger partial charge in [0.15, 0.2) is 0 Å². The van der Waals surface area contributed by atoms with Crippen LogP contribution >= 0.6 is 11.6 Å². The van der Waals surface area contributed by atoms with E-state index in [9.17, 15) is 18.0 Å². The van der Waals surface area contributed by atoms with Crippen molar-refractivity contribution in [3.63, 3.8) is 0 Å². The number of halogens is 1. The molecule has 2 aromatic rings. The topological polar surface area (TPSA) is 90.0 Å². The van der Waals surface area contributed by atoms with Crippen LogP contribution in [-0.4, -0.2) is 44.9 Å². The number of carbonyl (C=O) groups excluding carboxylic acids is 2. The number of hydrogen-bond acceptors (Lipinski definition) is 6. The molecule has 0 amide bonds. The molecule has 0 radical (unpaired) electrons. The van der Waals surface area contributed by atoms with Crippen LogP contribution in [0.15, 0.2) is 47.4 Å². The van der Waals surface area contributed by atoms with Gasteiger partial charge in [0, 0.05) is 13.1 Å². The maximum Gasteiger partial charge on any atom is 0.338 e. The second-order valence-corrected chi connectivity index (χ2v) is 9.19. The summed E-state index contributed by atoms with van der Waals surface area (Å²) in [6.45, 7) is 0.848. The van der Waals surface area contributed by atoms with Crippen LogP contribution < -0.4 is 0 Å². The molecule has 2 aromatic carbocycles. The maximum absolute atomic E-state index is 12.9. The Labute approximate surface area is 180 Å². The van der Waals surface area contributed by atoms with Crippen LogP contribution in [0.3, 0.4) is 0 Å². The van der Waals surface area contributed by atoms with Gasteiger partial charge in [-0.3, -0.25) is 0 Å². The van der Waals surface area contributed by atoms with Gasteiger partial charge in [-0.2, -0.15) is 4.31 Å². The Morgan fingerprint density at radius 3 is 2.23 bits per heavy atom.